The maximum Gasteiger partial charge on any atom is 0.196 e. The molecule has 0 amide bonds. The molecule has 5 nitrogen and oxygen atoms in total. The van der Waals surface area contributed by atoms with Crippen LogP contribution >= 0.6 is 0 Å². The molecule has 1 heterocycles. The Kier molecular flexibility index (Phi) is 3.17. The summed E-state index contributed by atoms with van der Waals surface area (Å²) in [5, 5.41) is 10.0. The summed E-state index contributed by atoms with van der Waals surface area (Å²) in [6, 6.07) is 0. The number of carbonyl (C=O) groups is 1. The number of hydrogen-bond donors (Lipinski definition) is 1. The molecule has 0 bridgehead atoms. The van der Waals surface area contributed by atoms with Gasteiger partial charge in [0, 0.05) is 7.05 Å². The van der Waals surface area contributed by atoms with E-state index in [0.717, 1.165) is 0 Å². The van der Waals surface area contributed by atoms with Gasteiger partial charge in [-0.25, -0.2) is 4.68 Å². The number of aryl methyl sites for hydroxylation is 1. The molecule has 0 aliphatic rings. The van der Waals surface area contributed by atoms with Crippen LogP contribution in [0.1, 0.15) is 10.5 Å². The zero-order chi connectivity index (χ0) is 9.68. The van der Waals surface area contributed by atoms with Crippen molar-refractivity contribution >= 4 is 5.78 Å². The van der Waals surface area contributed by atoms with Gasteiger partial charge in [0.15, 0.2) is 5.78 Å². The van der Waals surface area contributed by atoms with E-state index >= 15 is 0 Å². The number of ketones is 1. The molecule has 0 aromatic carbocycles. The first-order valence-corrected chi connectivity index (χ1v) is 3.77. The van der Waals surface area contributed by atoms with Gasteiger partial charge < -0.3 is 0 Å². The second-order valence-corrected chi connectivity index (χ2v) is 2.47. The van der Waals surface area contributed by atoms with Crippen LogP contribution in [-0.2, 0) is 7.05 Å². The number of nitrogens with zero attached hydrogens (tertiary/aromatic N) is 3. The number of hydrogen-bond acceptors (Lipinski definition) is 4. The lowest BCUT2D eigenvalue weighted by molar-refractivity contribution is 0.0983. The smallest absolute Gasteiger partial charge is 0.196 e. The van der Waals surface area contributed by atoms with E-state index < -0.39 is 0 Å². The number of nitrogens with one attached hydrogen (secondary N) is 1. The normalized spacial score (nSPS) is 9.54. The standard InChI is InChI=1S/C8H10N4O/c1-3-4-9-6-8(13)7-5-10-11-12(7)2/h1,5,9H,4,6H2,2H3. The van der Waals surface area contributed by atoms with E-state index in [2.05, 4.69) is 21.5 Å². The quantitative estimate of drug-likeness (QED) is 0.373. The van der Waals surface area contributed by atoms with Crippen molar-refractivity contribution in [3.8, 4) is 12.3 Å². The molecule has 1 rings (SSSR count). The molecule has 13 heavy (non-hydrogen) atoms. The van der Waals surface area contributed by atoms with Crippen molar-refractivity contribution in [2.24, 2.45) is 7.05 Å². The minimum absolute atomic E-state index is 0.0669. The fourth-order valence-corrected chi connectivity index (χ4v) is 0.881. The minimum atomic E-state index is -0.0669. The van der Waals surface area contributed by atoms with Crippen molar-refractivity contribution in [3.63, 3.8) is 0 Å². The molecule has 1 N–H and O–H groups in total. The van der Waals surface area contributed by atoms with Crippen molar-refractivity contribution in [2.45, 2.75) is 0 Å². The fourth-order valence-electron chi connectivity index (χ4n) is 0.881. The van der Waals surface area contributed by atoms with Crippen molar-refractivity contribution in [2.75, 3.05) is 13.1 Å². The summed E-state index contributed by atoms with van der Waals surface area (Å²) >= 11 is 0. The van der Waals surface area contributed by atoms with Crippen LogP contribution in [0.15, 0.2) is 6.20 Å². The van der Waals surface area contributed by atoms with Gasteiger partial charge in [-0.3, -0.25) is 10.1 Å². The highest BCUT2D eigenvalue weighted by Crippen LogP contribution is 1.93. The Hall–Kier alpha value is -1.67. The molecule has 0 saturated heterocycles. The Morgan fingerprint density at radius 3 is 3.15 bits per heavy atom. The van der Waals surface area contributed by atoms with E-state index in [1.54, 1.807) is 7.05 Å². The Morgan fingerprint density at radius 1 is 1.85 bits per heavy atom. The van der Waals surface area contributed by atoms with Crippen LogP contribution in [0, 0.1) is 12.3 Å². The first-order chi connectivity index (χ1) is 6.25. The third kappa shape index (κ3) is 2.39. The molecule has 1 aromatic heterocycles. The molecule has 0 spiro atoms. The number of aromatic nitrogens is 3. The van der Waals surface area contributed by atoms with Crippen LogP contribution < -0.4 is 5.32 Å². The maximum absolute atomic E-state index is 11.4. The highest BCUT2D eigenvalue weighted by atomic mass is 16.1. The van der Waals surface area contributed by atoms with E-state index in [4.69, 9.17) is 6.42 Å². The van der Waals surface area contributed by atoms with Crippen molar-refractivity contribution in [3.05, 3.63) is 11.9 Å². The van der Waals surface area contributed by atoms with E-state index in [0.29, 0.717) is 12.2 Å². The van der Waals surface area contributed by atoms with Gasteiger partial charge in [0.05, 0.1) is 19.3 Å². The number of Topliss-reactive ketones (excluding diaryl/α,β-unsaturated/α-hetero) is 1. The second-order valence-electron chi connectivity index (χ2n) is 2.47. The first kappa shape index (κ1) is 9.42. The van der Waals surface area contributed by atoms with Crippen molar-refractivity contribution in [1.29, 1.82) is 0 Å². The van der Waals surface area contributed by atoms with Crippen molar-refractivity contribution < 1.29 is 4.79 Å². The molecule has 68 valence electrons. The zero-order valence-electron chi connectivity index (χ0n) is 7.32. The summed E-state index contributed by atoms with van der Waals surface area (Å²) in [5.41, 5.74) is 0.476. The molecule has 0 atom stereocenters. The molecule has 0 fully saturated rings. The molecule has 0 aliphatic heterocycles. The highest BCUT2D eigenvalue weighted by Gasteiger charge is 2.09. The monoisotopic (exact) mass is 178 g/mol. The highest BCUT2D eigenvalue weighted by molar-refractivity contribution is 5.95. The average molecular weight is 178 g/mol. The molecular weight excluding hydrogens is 168 g/mol. The summed E-state index contributed by atoms with van der Waals surface area (Å²) in [6.07, 6.45) is 6.44. The molecule has 5 heteroatoms. The maximum atomic E-state index is 11.4. The first-order valence-electron chi connectivity index (χ1n) is 3.77. The van der Waals surface area contributed by atoms with Crippen LogP contribution in [-0.4, -0.2) is 33.9 Å². The van der Waals surface area contributed by atoms with Gasteiger partial charge >= 0.3 is 0 Å². The van der Waals surface area contributed by atoms with E-state index in [1.807, 2.05) is 0 Å². The lowest BCUT2D eigenvalue weighted by Gasteiger charge is -1.99. The third-order valence-corrected chi connectivity index (χ3v) is 1.51. The zero-order valence-corrected chi connectivity index (χ0v) is 7.32. The van der Waals surface area contributed by atoms with Crippen LogP contribution in [0.3, 0.4) is 0 Å². The molecule has 1 aromatic rings. The summed E-state index contributed by atoms with van der Waals surface area (Å²) in [7, 11) is 1.67. The largest absolute Gasteiger partial charge is 0.299 e. The van der Waals surface area contributed by atoms with Crippen LogP contribution in [0.25, 0.3) is 0 Å². The van der Waals surface area contributed by atoms with Gasteiger partial charge in [0.2, 0.25) is 0 Å². The Morgan fingerprint density at radius 2 is 2.62 bits per heavy atom. The predicted octanol–water partition coefficient (Wildman–Crippen LogP) is -0.779. The summed E-state index contributed by atoms with van der Waals surface area (Å²) < 4.78 is 1.43. The second kappa shape index (κ2) is 4.38. The molecule has 0 unspecified atom stereocenters. The molecular formula is C8H10N4O. The topological polar surface area (TPSA) is 59.8 Å². The van der Waals surface area contributed by atoms with E-state index in [-0.39, 0.29) is 12.3 Å². The summed E-state index contributed by atoms with van der Waals surface area (Å²) in [6.45, 7) is 0.600. The molecule has 0 aliphatic carbocycles. The summed E-state index contributed by atoms with van der Waals surface area (Å²) in [4.78, 5) is 11.4. The third-order valence-electron chi connectivity index (χ3n) is 1.51. The SMILES string of the molecule is C#CCNCC(=O)c1cnnn1C. The van der Waals surface area contributed by atoms with E-state index in [1.165, 1.54) is 10.9 Å². The lowest BCUT2D eigenvalue weighted by Crippen LogP contribution is -2.24. The molecule has 0 saturated carbocycles. The van der Waals surface area contributed by atoms with Crippen LogP contribution in [0.5, 0.6) is 0 Å². The van der Waals surface area contributed by atoms with Gasteiger partial charge in [0.25, 0.3) is 0 Å². The van der Waals surface area contributed by atoms with E-state index in [9.17, 15) is 4.79 Å². The predicted molar refractivity (Wildman–Crippen MR) is 47.0 cm³/mol. The Bertz CT molecular complexity index is 336. The minimum Gasteiger partial charge on any atom is -0.299 e. The van der Waals surface area contributed by atoms with Gasteiger partial charge in [-0.15, -0.1) is 11.5 Å². The van der Waals surface area contributed by atoms with Gasteiger partial charge in [-0.2, -0.15) is 0 Å². The average Bonchev–Trinajstić information content (AvgIpc) is 2.52. The van der Waals surface area contributed by atoms with Crippen LogP contribution in [0.4, 0.5) is 0 Å². The van der Waals surface area contributed by atoms with Gasteiger partial charge in [-0.05, 0) is 0 Å². The van der Waals surface area contributed by atoms with Gasteiger partial charge in [-0.1, -0.05) is 11.1 Å². The number of rotatable bonds is 4. The van der Waals surface area contributed by atoms with Crippen molar-refractivity contribution in [1.82, 2.24) is 20.3 Å². The van der Waals surface area contributed by atoms with Crippen LogP contribution in [0.2, 0.25) is 0 Å². The number of terminal acetylenes is 1. The Labute approximate surface area is 76.1 Å². The number of carbonyl (C=O) groups excluding carboxylic acids is 1. The fraction of sp³-hybridized carbons (Fsp3) is 0.375. The summed E-state index contributed by atoms with van der Waals surface area (Å²) in [5.74, 6) is 2.31. The Balaban J connectivity index is 2.50. The molecule has 0 radical (unpaired) electrons. The lowest BCUT2D eigenvalue weighted by atomic mass is 10.3. The van der Waals surface area contributed by atoms with Gasteiger partial charge in [0.1, 0.15) is 5.69 Å².